The largest absolute Gasteiger partial charge is 0.493 e. The summed E-state index contributed by atoms with van der Waals surface area (Å²) in [5.74, 6) is 1.62. The van der Waals surface area contributed by atoms with Gasteiger partial charge in [-0.25, -0.2) is 0 Å². The highest BCUT2D eigenvalue weighted by molar-refractivity contribution is 5.57. The predicted octanol–water partition coefficient (Wildman–Crippen LogP) is 4.57. The van der Waals surface area contributed by atoms with Gasteiger partial charge >= 0.3 is 0 Å². The van der Waals surface area contributed by atoms with Crippen molar-refractivity contribution in [2.45, 2.75) is 39.0 Å². The van der Waals surface area contributed by atoms with Crippen molar-refractivity contribution in [1.82, 2.24) is 0 Å². The normalized spacial score (nSPS) is 16.9. The highest BCUT2D eigenvalue weighted by Crippen LogP contribution is 2.25. The maximum Gasteiger partial charge on any atom is 0.119 e. The first-order chi connectivity index (χ1) is 9.28. The maximum absolute atomic E-state index is 8.79. The lowest BCUT2D eigenvalue weighted by molar-refractivity contribution is 0.209. The molecular weight excluding hydrogens is 234 g/mol. The molecule has 0 aliphatic heterocycles. The standard InChI is InChI=1S/C17H21NO/c1-14(12-18)10-16-8-5-9-17(11-16)19-13-15-6-3-2-4-7-15/h5,8-11,15H,2-4,6-7,13H2,1H3. The third-order valence-corrected chi connectivity index (χ3v) is 3.63. The van der Waals surface area contributed by atoms with E-state index in [1.165, 1.54) is 32.1 Å². The Morgan fingerprint density at radius 3 is 2.89 bits per heavy atom. The van der Waals surface area contributed by atoms with E-state index in [1.807, 2.05) is 37.3 Å². The Morgan fingerprint density at radius 1 is 1.37 bits per heavy atom. The second kappa shape index (κ2) is 6.99. The number of nitrogens with zero attached hydrogens (tertiary/aromatic N) is 1. The molecule has 0 heterocycles. The second-order valence-corrected chi connectivity index (χ2v) is 5.33. The molecule has 2 rings (SSSR count). The average Bonchev–Trinajstić information content (AvgIpc) is 2.46. The molecule has 0 aromatic heterocycles. The van der Waals surface area contributed by atoms with Crippen molar-refractivity contribution in [2.24, 2.45) is 5.92 Å². The van der Waals surface area contributed by atoms with Crippen LogP contribution in [0.15, 0.2) is 29.8 Å². The van der Waals surface area contributed by atoms with Gasteiger partial charge in [-0.2, -0.15) is 5.26 Å². The maximum atomic E-state index is 8.79. The number of nitriles is 1. The Bertz CT molecular complexity index is 478. The van der Waals surface area contributed by atoms with Crippen molar-refractivity contribution >= 4 is 6.08 Å². The summed E-state index contributed by atoms with van der Waals surface area (Å²) < 4.78 is 5.89. The second-order valence-electron chi connectivity index (χ2n) is 5.33. The Kier molecular flexibility index (Phi) is 5.03. The van der Waals surface area contributed by atoms with E-state index in [2.05, 4.69) is 6.07 Å². The molecule has 0 bridgehead atoms. The Hall–Kier alpha value is -1.75. The van der Waals surface area contributed by atoms with Crippen LogP contribution >= 0.6 is 0 Å². The van der Waals surface area contributed by atoms with Gasteiger partial charge in [0, 0.05) is 5.57 Å². The number of allylic oxidation sites excluding steroid dienone is 1. The highest BCUT2D eigenvalue weighted by atomic mass is 16.5. The van der Waals surface area contributed by atoms with Crippen molar-refractivity contribution in [3.8, 4) is 11.8 Å². The quantitative estimate of drug-likeness (QED) is 0.738. The lowest BCUT2D eigenvalue weighted by atomic mass is 9.90. The van der Waals surface area contributed by atoms with Gasteiger partial charge in [-0.15, -0.1) is 0 Å². The van der Waals surface area contributed by atoms with E-state index in [9.17, 15) is 0 Å². The number of hydrogen-bond acceptors (Lipinski definition) is 2. The molecule has 0 amide bonds. The molecule has 0 saturated heterocycles. The average molecular weight is 255 g/mol. The van der Waals surface area contributed by atoms with Crippen molar-refractivity contribution in [2.75, 3.05) is 6.61 Å². The van der Waals surface area contributed by atoms with E-state index in [0.717, 1.165) is 17.9 Å². The first kappa shape index (κ1) is 13.7. The molecule has 0 atom stereocenters. The van der Waals surface area contributed by atoms with Gasteiger partial charge in [0.1, 0.15) is 5.75 Å². The van der Waals surface area contributed by atoms with Gasteiger partial charge in [-0.1, -0.05) is 31.4 Å². The van der Waals surface area contributed by atoms with Crippen LogP contribution in [0.5, 0.6) is 5.75 Å². The minimum absolute atomic E-state index is 0.712. The molecule has 1 aromatic carbocycles. The minimum Gasteiger partial charge on any atom is -0.493 e. The fourth-order valence-corrected chi connectivity index (χ4v) is 2.54. The first-order valence-corrected chi connectivity index (χ1v) is 7.09. The van der Waals surface area contributed by atoms with E-state index >= 15 is 0 Å². The smallest absolute Gasteiger partial charge is 0.119 e. The molecule has 0 radical (unpaired) electrons. The molecule has 1 aromatic rings. The summed E-state index contributed by atoms with van der Waals surface area (Å²) in [6, 6.07) is 10.1. The van der Waals surface area contributed by atoms with Crippen LogP contribution < -0.4 is 4.74 Å². The molecule has 0 N–H and O–H groups in total. The Morgan fingerprint density at radius 2 is 2.16 bits per heavy atom. The summed E-state index contributed by atoms with van der Waals surface area (Å²) >= 11 is 0. The zero-order chi connectivity index (χ0) is 13.5. The highest BCUT2D eigenvalue weighted by Gasteiger charge is 2.13. The molecule has 1 aliphatic carbocycles. The fourth-order valence-electron chi connectivity index (χ4n) is 2.54. The number of rotatable bonds is 4. The van der Waals surface area contributed by atoms with Gasteiger partial charge in [0.05, 0.1) is 12.7 Å². The zero-order valence-electron chi connectivity index (χ0n) is 11.6. The van der Waals surface area contributed by atoms with Gasteiger partial charge in [-0.05, 0) is 49.5 Å². The van der Waals surface area contributed by atoms with Crippen LogP contribution in [0.3, 0.4) is 0 Å². The molecule has 19 heavy (non-hydrogen) atoms. The summed E-state index contributed by atoms with van der Waals surface area (Å²) in [6.45, 7) is 2.64. The van der Waals surface area contributed by atoms with E-state index in [0.29, 0.717) is 11.5 Å². The topological polar surface area (TPSA) is 33.0 Å². The van der Waals surface area contributed by atoms with Crippen molar-refractivity contribution in [1.29, 1.82) is 5.26 Å². The molecule has 1 aliphatic rings. The van der Waals surface area contributed by atoms with Gasteiger partial charge in [0.25, 0.3) is 0 Å². The van der Waals surface area contributed by atoms with Crippen LogP contribution in [-0.2, 0) is 0 Å². The van der Waals surface area contributed by atoms with Crippen LogP contribution in [0.4, 0.5) is 0 Å². The summed E-state index contributed by atoms with van der Waals surface area (Å²) in [5.41, 5.74) is 1.74. The Balaban J connectivity index is 1.93. The van der Waals surface area contributed by atoms with Crippen molar-refractivity contribution in [3.05, 3.63) is 35.4 Å². The van der Waals surface area contributed by atoms with Gasteiger partial charge in [0.2, 0.25) is 0 Å². The third kappa shape index (κ3) is 4.44. The molecule has 2 heteroatoms. The first-order valence-electron chi connectivity index (χ1n) is 7.09. The molecule has 2 nitrogen and oxygen atoms in total. The Labute approximate surface area is 115 Å². The van der Waals surface area contributed by atoms with Crippen LogP contribution in [0, 0.1) is 17.2 Å². The molecule has 0 unspecified atom stereocenters. The van der Waals surface area contributed by atoms with Crippen LogP contribution in [-0.4, -0.2) is 6.61 Å². The van der Waals surface area contributed by atoms with Crippen LogP contribution in [0.25, 0.3) is 6.08 Å². The number of hydrogen-bond donors (Lipinski definition) is 0. The van der Waals surface area contributed by atoms with E-state index in [1.54, 1.807) is 0 Å². The summed E-state index contributed by atoms with van der Waals surface area (Å²) in [7, 11) is 0. The van der Waals surface area contributed by atoms with Gasteiger partial charge < -0.3 is 4.74 Å². The van der Waals surface area contributed by atoms with E-state index in [-0.39, 0.29) is 0 Å². The SMILES string of the molecule is CC(C#N)=Cc1cccc(OCC2CCCCC2)c1. The monoisotopic (exact) mass is 255 g/mol. The van der Waals surface area contributed by atoms with Crippen LogP contribution in [0.2, 0.25) is 0 Å². The third-order valence-electron chi connectivity index (χ3n) is 3.63. The van der Waals surface area contributed by atoms with Crippen molar-refractivity contribution in [3.63, 3.8) is 0 Å². The predicted molar refractivity (Wildman–Crippen MR) is 77.8 cm³/mol. The zero-order valence-corrected chi connectivity index (χ0v) is 11.6. The summed E-state index contributed by atoms with van der Waals surface area (Å²) in [4.78, 5) is 0. The van der Waals surface area contributed by atoms with Gasteiger partial charge in [-0.3, -0.25) is 0 Å². The van der Waals surface area contributed by atoms with E-state index in [4.69, 9.17) is 10.00 Å². The van der Waals surface area contributed by atoms with Crippen molar-refractivity contribution < 1.29 is 4.74 Å². The number of ether oxygens (including phenoxy) is 1. The molecule has 0 spiro atoms. The van der Waals surface area contributed by atoms with Gasteiger partial charge in [0.15, 0.2) is 0 Å². The van der Waals surface area contributed by atoms with E-state index < -0.39 is 0 Å². The van der Waals surface area contributed by atoms with Crippen LogP contribution in [0.1, 0.15) is 44.6 Å². The number of benzene rings is 1. The molecule has 1 fully saturated rings. The lowest BCUT2D eigenvalue weighted by Gasteiger charge is -2.21. The minimum atomic E-state index is 0.712. The lowest BCUT2D eigenvalue weighted by Crippen LogP contribution is -2.15. The molecule has 1 saturated carbocycles. The summed E-state index contributed by atoms with van der Waals surface area (Å²) in [6.07, 6.45) is 8.55. The fraction of sp³-hybridized carbons (Fsp3) is 0.471. The summed E-state index contributed by atoms with van der Waals surface area (Å²) in [5, 5.41) is 8.79. The molecular formula is C17H21NO. The molecule has 100 valence electrons.